The molecule has 0 aliphatic heterocycles. The first-order chi connectivity index (χ1) is 8.20. The van der Waals surface area contributed by atoms with Crippen LogP contribution in [0.1, 0.15) is 12.5 Å². The van der Waals surface area contributed by atoms with Crippen molar-refractivity contribution < 1.29 is 4.39 Å². The summed E-state index contributed by atoms with van der Waals surface area (Å²) in [7, 11) is 1.87. The Morgan fingerprint density at radius 3 is 2.88 bits per heavy atom. The van der Waals surface area contributed by atoms with Crippen LogP contribution < -0.4 is 5.32 Å². The van der Waals surface area contributed by atoms with Crippen LogP contribution in [0.15, 0.2) is 30.6 Å². The quantitative estimate of drug-likeness (QED) is 0.878. The second-order valence-electron chi connectivity index (χ2n) is 3.98. The Kier molecular flexibility index (Phi) is 3.54. The molecule has 1 heterocycles. The van der Waals surface area contributed by atoms with E-state index in [0.29, 0.717) is 6.54 Å². The van der Waals surface area contributed by atoms with Crippen LogP contribution in [-0.2, 0) is 13.6 Å². The minimum atomic E-state index is -0.203. The van der Waals surface area contributed by atoms with Gasteiger partial charge in [-0.15, -0.1) is 0 Å². The number of benzene rings is 1. The Bertz CT molecular complexity index is 505. The molecule has 90 valence electrons. The van der Waals surface area contributed by atoms with E-state index in [2.05, 4.69) is 10.4 Å². The van der Waals surface area contributed by atoms with Crippen molar-refractivity contribution in [2.45, 2.75) is 13.5 Å². The van der Waals surface area contributed by atoms with Gasteiger partial charge in [0, 0.05) is 25.4 Å². The van der Waals surface area contributed by atoms with Crippen LogP contribution in [0.25, 0.3) is 11.1 Å². The summed E-state index contributed by atoms with van der Waals surface area (Å²) in [4.78, 5) is 0. The van der Waals surface area contributed by atoms with Gasteiger partial charge in [-0.3, -0.25) is 4.68 Å². The molecule has 3 nitrogen and oxygen atoms in total. The zero-order valence-electron chi connectivity index (χ0n) is 10.1. The molecule has 4 heteroatoms. The maximum atomic E-state index is 13.2. The SMILES string of the molecule is CCNCc1cc(F)ccc1-c1cnn(C)c1. The highest BCUT2D eigenvalue weighted by atomic mass is 19.1. The van der Waals surface area contributed by atoms with Gasteiger partial charge in [-0.1, -0.05) is 13.0 Å². The molecule has 0 fully saturated rings. The lowest BCUT2D eigenvalue weighted by molar-refractivity contribution is 0.622. The van der Waals surface area contributed by atoms with Crippen LogP contribution in [0.2, 0.25) is 0 Å². The van der Waals surface area contributed by atoms with Crippen molar-refractivity contribution in [1.82, 2.24) is 15.1 Å². The fourth-order valence-corrected chi connectivity index (χ4v) is 1.81. The first-order valence-corrected chi connectivity index (χ1v) is 5.69. The Balaban J connectivity index is 2.38. The van der Waals surface area contributed by atoms with E-state index in [4.69, 9.17) is 0 Å². The fraction of sp³-hybridized carbons (Fsp3) is 0.308. The summed E-state index contributed by atoms with van der Waals surface area (Å²) in [6.07, 6.45) is 3.73. The van der Waals surface area contributed by atoms with Crippen LogP contribution in [0.4, 0.5) is 4.39 Å². The predicted octanol–water partition coefficient (Wildman–Crippen LogP) is 2.34. The number of halogens is 1. The van der Waals surface area contributed by atoms with E-state index in [1.54, 1.807) is 23.0 Å². The topological polar surface area (TPSA) is 29.9 Å². The molecule has 0 radical (unpaired) electrons. The van der Waals surface area contributed by atoms with Crippen LogP contribution in [0.5, 0.6) is 0 Å². The van der Waals surface area contributed by atoms with Crippen molar-refractivity contribution in [2.75, 3.05) is 6.54 Å². The number of nitrogens with zero attached hydrogens (tertiary/aromatic N) is 2. The summed E-state index contributed by atoms with van der Waals surface area (Å²) in [6.45, 7) is 3.56. The molecule has 0 amide bonds. The molecule has 1 aromatic heterocycles. The van der Waals surface area contributed by atoms with Gasteiger partial charge in [-0.25, -0.2) is 4.39 Å². The maximum absolute atomic E-state index is 13.2. The number of aryl methyl sites for hydroxylation is 1. The predicted molar refractivity (Wildman–Crippen MR) is 66.0 cm³/mol. The molecular formula is C13H16FN3. The molecule has 0 saturated carbocycles. The van der Waals surface area contributed by atoms with Crippen molar-refractivity contribution in [3.8, 4) is 11.1 Å². The van der Waals surface area contributed by atoms with Gasteiger partial charge in [0.05, 0.1) is 6.20 Å². The molecule has 2 rings (SSSR count). The summed E-state index contributed by atoms with van der Waals surface area (Å²) in [6, 6.07) is 4.86. The van der Waals surface area contributed by atoms with E-state index in [1.165, 1.54) is 6.07 Å². The Hall–Kier alpha value is -1.68. The third-order valence-corrected chi connectivity index (χ3v) is 2.65. The standard InChI is InChI=1S/C13H16FN3/c1-3-15-7-10-6-12(14)4-5-13(10)11-8-16-17(2)9-11/h4-6,8-9,15H,3,7H2,1-2H3. The third kappa shape index (κ3) is 2.71. The number of rotatable bonds is 4. The molecular weight excluding hydrogens is 217 g/mol. The number of hydrogen-bond acceptors (Lipinski definition) is 2. The summed E-state index contributed by atoms with van der Waals surface area (Å²) in [5.74, 6) is -0.203. The molecule has 0 saturated heterocycles. The number of hydrogen-bond donors (Lipinski definition) is 1. The van der Waals surface area contributed by atoms with Crippen LogP contribution in [0.3, 0.4) is 0 Å². The highest BCUT2D eigenvalue weighted by Crippen LogP contribution is 2.23. The average Bonchev–Trinajstić information content (AvgIpc) is 2.73. The van der Waals surface area contributed by atoms with Gasteiger partial charge in [0.25, 0.3) is 0 Å². The summed E-state index contributed by atoms with van der Waals surface area (Å²) < 4.78 is 15.0. The van der Waals surface area contributed by atoms with E-state index in [9.17, 15) is 4.39 Å². The van der Waals surface area contributed by atoms with E-state index in [0.717, 1.165) is 23.2 Å². The Labute approximate surface area is 100 Å². The van der Waals surface area contributed by atoms with Gasteiger partial charge in [0.1, 0.15) is 5.82 Å². The van der Waals surface area contributed by atoms with Gasteiger partial charge < -0.3 is 5.32 Å². The molecule has 0 unspecified atom stereocenters. The summed E-state index contributed by atoms with van der Waals surface area (Å²) in [5, 5.41) is 7.35. The minimum Gasteiger partial charge on any atom is -0.313 e. The smallest absolute Gasteiger partial charge is 0.123 e. The van der Waals surface area contributed by atoms with Gasteiger partial charge in [0.15, 0.2) is 0 Å². The average molecular weight is 233 g/mol. The van der Waals surface area contributed by atoms with Crippen LogP contribution in [0, 0.1) is 5.82 Å². The van der Waals surface area contributed by atoms with Crippen molar-refractivity contribution in [3.63, 3.8) is 0 Å². The zero-order valence-corrected chi connectivity index (χ0v) is 10.1. The Morgan fingerprint density at radius 1 is 1.41 bits per heavy atom. The number of aromatic nitrogens is 2. The number of nitrogens with one attached hydrogen (secondary N) is 1. The third-order valence-electron chi connectivity index (χ3n) is 2.65. The fourth-order valence-electron chi connectivity index (χ4n) is 1.81. The second kappa shape index (κ2) is 5.10. The van der Waals surface area contributed by atoms with Gasteiger partial charge in [-0.05, 0) is 29.8 Å². The highest BCUT2D eigenvalue weighted by molar-refractivity contribution is 5.66. The first-order valence-electron chi connectivity index (χ1n) is 5.69. The van der Waals surface area contributed by atoms with Crippen molar-refractivity contribution in [2.24, 2.45) is 7.05 Å². The molecule has 0 aliphatic carbocycles. The van der Waals surface area contributed by atoms with E-state index in [-0.39, 0.29) is 5.82 Å². The largest absolute Gasteiger partial charge is 0.313 e. The van der Waals surface area contributed by atoms with Crippen LogP contribution >= 0.6 is 0 Å². The lowest BCUT2D eigenvalue weighted by Crippen LogP contribution is -2.12. The maximum Gasteiger partial charge on any atom is 0.123 e. The lowest BCUT2D eigenvalue weighted by atomic mass is 10.0. The van der Waals surface area contributed by atoms with Gasteiger partial charge in [0.2, 0.25) is 0 Å². The van der Waals surface area contributed by atoms with E-state index >= 15 is 0 Å². The summed E-state index contributed by atoms with van der Waals surface area (Å²) in [5.41, 5.74) is 3.00. The van der Waals surface area contributed by atoms with Gasteiger partial charge in [-0.2, -0.15) is 5.10 Å². The molecule has 0 spiro atoms. The monoisotopic (exact) mass is 233 g/mol. The second-order valence-corrected chi connectivity index (χ2v) is 3.98. The molecule has 1 aromatic carbocycles. The van der Waals surface area contributed by atoms with Crippen molar-refractivity contribution in [1.29, 1.82) is 0 Å². The zero-order chi connectivity index (χ0) is 12.3. The van der Waals surface area contributed by atoms with E-state index < -0.39 is 0 Å². The first kappa shape index (κ1) is 11.8. The minimum absolute atomic E-state index is 0.203. The van der Waals surface area contributed by atoms with Crippen molar-refractivity contribution in [3.05, 3.63) is 42.0 Å². The Morgan fingerprint density at radius 2 is 2.24 bits per heavy atom. The van der Waals surface area contributed by atoms with Crippen molar-refractivity contribution >= 4 is 0 Å². The molecule has 0 atom stereocenters. The van der Waals surface area contributed by atoms with Gasteiger partial charge >= 0.3 is 0 Å². The van der Waals surface area contributed by atoms with Crippen LogP contribution in [-0.4, -0.2) is 16.3 Å². The molecule has 0 bridgehead atoms. The molecule has 1 N–H and O–H groups in total. The molecule has 2 aromatic rings. The molecule has 17 heavy (non-hydrogen) atoms. The lowest BCUT2D eigenvalue weighted by Gasteiger charge is -2.08. The normalized spacial score (nSPS) is 10.8. The van der Waals surface area contributed by atoms with E-state index in [1.807, 2.05) is 20.2 Å². The summed E-state index contributed by atoms with van der Waals surface area (Å²) >= 11 is 0. The molecule has 0 aliphatic rings. The highest BCUT2D eigenvalue weighted by Gasteiger charge is 2.07.